The molecule has 0 rings (SSSR count). The Labute approximate surface area is 409 Å². The van der Waals surface area contributed by atoms with Crippen molar-refractivity contribution in [1.82, 2.24) is 0 Å². The molecule has 0 spiro atoms. The summed E-state index contributed by atoms with van der Waals surface area (Å²) >= 11 is 0. The molecule has 0 saturated heterocycles. The average molecular weight is 924 g/mol. The van der Waals surface area contributed by atoms with E-state index in [4.69, 9.17) is 14.2 Å². The van der Waals surface area contributed by atoms with Crippen LogP contribution in [0.3, 0.4) is 0 Å². The molecule has 0 aromatic carbocycles. The van der Waals surface area contributed by atoms with Crippen LogP contribution in [0, 0.1) is 0 Å². The highest BCUT2D eigenvalue weighted by Gasteiger charge is 2.19. The molecular formula is C60H106O6. The van der Waals surface area contributed by atoms with Crippen molar-refractivity contribution in [3.8, 4) is 0 Å². The van der Waals surface area contributed by atoms with Crippen LogP contribution in [-0.2, 0) is 28.6 Å². The normalized spacial score (nSPS) is 12.5. The first kappa shape index (κ1) is 63.1. The molecule has 0 fully saturated rings. The second kappa shape index (κ2) is 54.7. The van der Waals surface area contributed by atoms with Gasteiger partial charge in [-0.2, -0.15) is 0 Å². The van der Waals surface area contributed by atoms with E-state index < -0.39 is 6.10 Å². The van der Waals surface area contributed by atoms with Crippen LogP contribution in [0.25, 0.3) is 0 Å². The number of carbonyl (C=O) groups excluding carboxylic acids is 3. The Bertz CT molecular complexity index is 1200. The standard InChI is InChI=1S/C60H106O6/c1-4-7-10-13-16-19-22-25-28-29-30-31-33-35-38-41-44-47-50-53-59(62)65-56-57(55-64-58(61)52-49-46-43-40-37-34-27-24-21-18-15-12-9-6-3)66-60(63)54-51-48-45-42-39-36-32-26-23-20-17-14-11-8-5-2/h16-17,19-20,25-26,28,30-32,57H,4-15,18,21-24,27,29,33-56H2,1-3H3/b19-16-,20-17-,28-25-,31-30-,32-26-/t57-/m1/s1. The maximum absolute atomic E-state index is 12.8. The summed E-state index contributed by atoms with van der Waals surface area (Å²) in [5, 5.41) is 0. The molecule has 0 unspecified atom stereocenters. The van der Waals surface area contributed by atoms with E-state index in [2.05, 4.69) is 81.5 Å². The summed E-state index contributed by atoms with van der Waals surface area (Å²) in [6.45, 7) is 6.58. The predicted octanol–water partition coefficient (Wildman–Crippen LogP) is 18.8. The van der Waals surface area contributed by atoms with Gasteiger partial charge in [-0.3, -0.25) is 14.4 Å². The van der Waals surface area contributed by atoms with Gasteiger partial charge in [-0.1, -0.05) is 236 Å². The van der Waals surface area contributed by atoms with Gasteiger partial charge in [-0.05, 0) is 89.9 Å². The van der Waals surface area contributed by atoms with Crippen molar-refractivity contribution < 1.29 is 28.6 Å². The lowest BCUT2D eigenvalue weighted by atomic mass is 10.0. The highest BCUT2D eigenvalue weighted by atomic mass is 16.6. The monoisotopic (exact) mass is 923 g/mol. The molecule has 0 aliphatic heterocycles. The fraction of sp³-hybridized carbons (Fsp3) is 0.783. The summed E-state index contributed by atoms with van der Waals surface area (Å²) < 4.78 is 16.8. The predicted molar refractivity (Wildman–Crippen MR) is 284 cm³/mol. The molecule has 0 heterocycles. The molecular weight excluding hydrogens is 817 g/mol. The van der Waals surface area contributed by atoms with Gasteiger partial charge in [0.1, 0.15) is 13.2 Å². The largest absolute Gasteiger partial charge is 0.462 e. The van der Waals surface area contributed by atoms with Gasteiger partial charge >= 0.3 is 17.9 Å². The van der Waals surface area contributed by atoms with Crippen LogP contribution in [0.4, 0.5) is 0 Å². The zero-order valence-corrected chi connectivity index (χ0v) is 43.7. The van der Waals surface area contributed by atoms with E-state index >= 15 is 0 Å². The smallest absolute Gasteiger partial charge is 0.306 e. The van der Waals surface area contributed by atoms with Crippen LogP contribution in [-0.4, -0.2) is 37.2 Å². The Hall–Kier alpha value is -2.89. The fourth-order valence-corrected chi connectivity index (χ4v) is 7.95. The first-order chi connectivity index (χ1) is 32.5. The van der Waals surface area contributed by atoms with Crippen molar-refractivity contribution in [1.29, 1.82) is 0 Å². The quantitative estimate of drug-likeness (QED) is 0.0262. The third-order valence-electron chi connectivity index (χ3n) is 12.2. The second-order valence-corrected chi connectivity index (χ2v) is 18.8. The Kier molecular flexibility index (Phi) is 52.3. The molecule has 1 atom stereocenters. The van der Waals surface area contributed by atoms with E-state index in [1.807, 2.05) is 0 Å². The third-order valence-corrected chi connectivity index (χ3v) is 12.2. The number of unbranched alkanes of at least 4 members (excludes halogenated alkanes) is 30. The van der Waals surface area contributed by atoms with Gasteiger partial charge in [0.05, 0.1) is 0 Å². The van der Waals surface area contributed by atoms with Crippen molar-refractivity contribution >= 4 is 17.9 Å². The first-order valence-corrected chi connectivity index (χ1v) is 28.3. The van der Waals surface area contributed by atoms with Gasteiger partial charge in [0.25, 0.3) is 0 Å². The Morgan fingerprint density at radius 3 is 0.879 bits per heavy atom. The molecule has 0 aliphatic rings. The lowest BCUT2D eigenvalue weighted by Gasteiger charge is -2.18. The van der Waals surface area contributed by atoms with Crippen molar-refractivity contribution in [3.63, 3.8) is 0 Å². The third kappa shape index (κ3) is 52.1. The van der Waals surface area contributed by atoms with Gasteiger partial charge in [0.15, 0.2) is 6.10 Å². The van der Waals surface area contributed by atoms with Gasteiger partial charge in [-0.15, -0.1) is 0 Å². The van der Waals surface area contributed by atoms with Crippen LogP contribution in [0.1, 0.15) is 284 Å². The minimum Gasteiger partial charge on any atom is -0.462 e. The molecule has 0 saturated carbocycles. The summed E-state index contributed by atoms with van der Waals surface area (Å²) in [5.41, 5.74) is 0. The van der Waals surface area contributed by atoms with Crippen LogP contribution in [0.5, 0.6) is 0 Å². The molecule has 382 valence electrons. The van der Waals surface area contributed by atoms with Gasteiger partial charge in [0, 0.05) is 19.3 Å². The van der Waals surface area contributed by atoms with E-state index in [1.54, 1.807) is 0 Å². The number of rotatable bonds is 51. The highest BCUT2D eigenvalue weighted by Crippen LogP contribution is 2.15. The molecule has 0 radical (unpaired) electrons. The van der Waals surface area contributed by atoms with E-state index in [-0.39, 0.29) is 31.1 Å². The van der Waals surface area contributed by atoms with E-state index in [1.165, 1.54) is 141 Å². The molecule has 0 bridgehead atoms. The minimum absolute atomic E-state index is 0.0820. The second-order valence-electron chi connectivity index (χ2n) is 18.8. The summed E-state index contributed by atoms with van der Waals surface area (Å²) in [7, 11) is 0. The van der Waals surface area contributed by atoms with Gasteiger partial charge < -0.3 is 14.2 Å². The van der Waals surface area contributed by atoms with E-state index in [0.717, 1.165) is 103 Å². The van der Waals surface area contributed by atoms with Gasteiger partial charge in [-0.25, -0.2) is 0 Å². The van der Waals surface area contributed by atoms with Crippen molar-refractivity contribution in [2.75, 3.05) is 13.2 Å². The number of allylic oxidation sites excluding steroid dienone is 10. The van der Waals surface area contributed by atoms with Crippen LogP contribution >= 0.6 is 0 Å². The lowest BCUT2D eigenvalue weighted by molar-refractivity contribution is -0.167. The molecule has 0 amide bonds. The fourth-order valence-electron chi connectivity index (χ4n) is 7.95. The number of carbonyl (C=O) groups is 3. The molecule has 0 aliphatic carbocycles. The Morgan fingerprint density at radius 1 is 0.303 bits per heavy atom. The summed E-state index contributed by atoms with van der Waals surface area (Å²) in [5.74, 6) is -0.899. The van der Waals surface area contributed by atoms with Crippen LogP contribution in [0.15, 0.2) is 60.8 Å². The Balaban J connectivity index is 4.40. The first-order valence-electron chi connectivity index (χ1n) is 28.3. The molecule has 66 heavy (non-hydrogen) atoms. The topological polar surface area (TPSA) is 78.9 Å². The number of ether oxygens (including phenoxy) is 3. The highest BCUT2D eigenvalue weighted by molar-refractivity contribution is 5.71. The maximum atomic E-state index is 12.8. The molecule has 6 heteroatoms. The van der Waals surface area contributed by atoms with Crippen LogP contribution < -0.4 is 0 Å². The number of esters is 3. The van der Waals surface area contributed by atoms with Crippen molar-refractivity contribution in [2.45, 2.75) is 290 Å². The minimum atomic E-state index is -0.785. The maximum Gasteiger partial charge on any atom is 0.306 e. The Morgan fingerprint density at radius 2 is 0.545 bits per heavy atom. The SMILES string of the molecule is CCCCC/C=C\C/C=C\C/C=C\CCCCCCCCC(=O)OC[C@@H](COC(=O)CCCCCCCCCCCCCCCC)OC(=O)CCCCCCC/C=C\C/C=C\CCCCC. The summed E-state index contributed by atoms with van der Waals surface area (Å²) in [4.78, 5) is 38.1. The van der Waals surface area contributed by atoms with E-state index in [9.17, 15) is 14.4 Å². The zero-order chi connectivity index (χ0) is 47.9. The van der Waals surface area contributed by atoms with Crippen molar-refractivity contribution in [3.05, 3.63) is 60.8 Å². The summed E-state index contributed by atoms with van der Waals surface area (Å²) in [6.07, 6.45) is 67.7. The van der Waals surface area contributed by atoms with Crippen molar-refractivity contribution in [2.24, 2.45) is 0 Å². The zero-order valence-electron chi connectivity index (χ0n) is 43.7. The average Bonchev–Trinajstić information content (AvgIpc) is 3.31. The lowest BCUT2D eigenvalue weighted by Crippen LogP contribution is -2.30. The van der Waals surface area contributed by atoms with Gasteiger partial charge in [0.2, 0.25) is 0 Å². The number of hydrogen-bond donors (Lipinski definition) is 0. The summed E-state index contributed by atoms with van der Waals surface area (Å²) in [6, 6.07) is 0. The van der Waals surface area contributed by atoms with E-state index in [0.29, 0.717) is 19.3 Å². The van der Waals surface area contributed by atoms with Crippen LogP contribution in [0.2, 0.25) is 0 Å². The molecule has 6 nitrogen and oxygen atoms in total. The molecule has 0 aromatic heterocycles. The number of hydrogen-bond acceptors (Lipinski definition) is 6. The molecule has 0 aromatic rings. The molecule has 0 N–H and O–H groups in total.